The third kappa shape index (κ3) is 4.44. The van der Waals surface area contributed by atoms with Crippen molar-refractivity contribution in [3.05, 3.63) is 66.2 Å². The van der Waals surface area contributed by atoms with E-state index in [4.69, 9.17) is 4.74 Å². The Balaban J connectivity index is 1.60. The summed E-state index contributed by atoms with van der Waals surface area (Å²) in [6.07, 6.45) is 5.67. The van der Waals surface area contributed by atoms with Crippen LogP contribution in [-0.2, 0) is 0 Å². The van der Waals surface area contributed by atoms with Crippen LogP contribution in [-0.4, -0.2) is 24.4 Å². The average Bonchev–Trinajstić information content (AvgIpc) is 2.65. The van der Waals surface area contributed by atoms with E-state index >= 15 is 0 Å². The van der Waals surface area contributed by atoms with Crippen molar-refractivity contribution in [2.24, 2.45) is 4.99 Å². The van der Waals surface area contributed by atoms with Crippen molar-refractivity contribution >= 4 is 12.3 Å². The summed E-state index contributed by atoms with van der Waals surface area (Å²) in [7, 11) is 0. The van der Waals surface area contributed by atoms with E-state index in [0.717, 1.165) is 31.4 Å². The Kier molecular flexibility index (Phi) is 5.61. The minimum absolute atomic E-state index is 0.0355. The Labute approximate surface area is 142 Å². The van der Waals surface area contributed by atoms with Gasteiger partial charge in [-0.2, -0.15) is 0 Å². The fourth-order valence-electron chi connectivity index (χ4n) is 2.97. The zero-order valence-electron chi connectivity index (χ0n) is 13.6. The van der Waals surface area contributed by atoms with Crippen molar-refractivity contribution in [3.8, 4) is 5.75 Å². The Morgan fingerprint density at radius 3 is 2.42 bits per heavy atom. The molecule has 0 saturated heterocycles. The highest BCUT2D eigenvalue weighted by Gasteiger charge is 2.26. The first-order valence-electron chi connectivity index (χ1n) is 8.42. The molecule has 4 heteroatoms. The maximum atomic E-state index is 12.4. The maximum Gasteiger partial charge on any atom is 0.251 e. The summed E-state index contributed by atoms with van der Waals surface area (Å²) in [5, 5.41) is 3.13. The van der Waals surface area contributed by atoms with Crippen molar-refractivity contribution in [2.75, 3.05) is 0 Å². The van der Waals surface area contributed by atoms with E-state index in [1.807, 2.05) is 60.7 Å². The molecule has 1 amide bonds. The van der Waals surface area contributed by atoms with Crippen molar-refractivity contribution < 1.29 is 9.53 Å². The third-order valence-electron chi connectivity index (χ3n) is 4.27. The highest BCUT2D eigenvalue weighted by atomic mass is 16.5. The second-order valence-corrected chi connectivity index (χ2v) is 5.98. The monoisotopic (exact) mass is 322 g/mol. The number of nitrogens with zero attached hydrogens (tertiary/aromatic N) is 1. The predicted octanol–water partition coefficient (Wildman–Crippen LogP) is 3.83. The van der Waals surface area contributed by atoms with Crippen LogP contribution in [0.5, 0.6) is 5.75 Å². The van der Waals surface area contributed by atoms with Gasteiger partial charge in [0.05, 0.1) is 12.1 Å². The highest BCUT2D eigenvalue weighted by molar-refractivity contribution is 5.94. The molecule has 1 N–H and O–H groups in total. The number of benzene rings is 2. The lowest BCUT2D eigenvalue weighted by Gasteiger charge is -2.29. The van der Waals surface area contributed by atoms with E-state index in [9.17, 15) is 4.79 Å². The molecule has 3 rings (SSSR count). The summed E-state index contributed by atoms with van der Waals surface area (Å²) in [4.78, 5) is 16.9. The normalized spacial score (nSPS) is 20.7. The zero-order valence-corrected chi connectivity index (χ0v) is 13.6. The number of ether oxygens (including phenoxy) is 1. The third-order valence-corrected chi connectivity index (χ3v) is 4.27. The number of aliphatic imine (C=N–C) groups is 1. The summed E-state index contributed by atoms with van der Waals surface area (Å²) in [5.74, 6) is 0.730. The molecule has 0 radical (unpaired) electrons. The lowest BCUT2D eigenvalue weighted by molar-refractivity contribution is 0.0921. The topological polar surface area (TPSA) is 50.7 Å². The molecule has 2 aromatic carbocycles. The zero-order chi connectivity index (χ0) is 16.6. The lowest BCUT2D eigenvalue weighted by atomic mass is 9.90. The molecule has 0 aromatic heterocycles. The van der Waals surface area contributed by atoms with Gasteiger partial charge in [0.1, 0.15) is 5.75 Å². The Morgan fingerprint density at radius 1 is 1.00 bits per heavy atom. The van der Waals surface area contributed by atoms with Crippen LogP contribution in [0.15, 0.2) is 65.7 Å². The van der Waals surface area contributed by atoms with E-state index in [0.29, 0.717) is 5.56 Å². The number of carbonyl (C=O) groups excluding carboxylic acids is 1. The van der Waals surface area contributed by atoms with Crippen molar-refractivity contribution in [1.82, 2.24) is 5.32 Å². The second kappa shape index (κ2) is 8.29. The van der Waals surface area contributed by atoms with Crippen LogP contribution in [0, 0.1) is 0 Å². The number of nitrogens with one attached hydrogen (secondary N) is 1. The van der Waals surface area contributed by atoms with Crippen LogP contribution in [0.25, 0.3) is 0 Å². The van der Waals surface area contributed by atoms with Crippen LogP contribution >= 0.6 is 0 Å². The van der Waals surface area contributed by atoms with Gasteiger partial charge in [-0.1, -0.05) is 49.2 Å². The number of hydrogen-bond donors (Lipinski definition) is 1. The Morgan fingerprint density at radius 2 is 1.67 bits per heavy atom. The largest absolute Gasteiger partial charge is 0.446 e. The number of rotatable bonds is 5. The molecule has 1 aliphatic carbocycles. The van der Waals surface area contributed by atoms with Crippen LogP contribution < -0.4 is 10.1 Å². The van der Waals surface area contributed by atoms with Crippen LogP contribution in [0.4, 0.5) is 0 Å². The summed E-state index contributed by atoms with van der Waals surface area (Å²) < 4.78 is 5.54. The summed E-state index contributed by atoms with van der Waals surface area (Å²) in [6, 6.07) is 19.0. The van der Waals surface area contributed by atoms with Gasteiger partial charge < -0.3 is 10.1 Å². The molecule has 0 spiro atoms. The molecular formula is C20H22N2O2. The fourth-order valence-corrected chi connectivity index (χ4v) is 2.97. The molecule has 1 saturated carbocycles. The summed E-state index contributed by atoms with van der Waals surface area (Å²) in [6.45, 7) is 0. The summed E-state index contributed by atoms with van der Waals surface area (Å²) in [5.41, 5.74) is 0.686. The summed E-state index contributed by atoms with van der Waals surface area (Å²) >= 11 is 0. The van der Waals surface area contributed by atoms with Gasteiger partial charge in [-0.05, 0) is 37.1 Å². The molecular weight excluding hydrogens is 300 g/mol. The second-order valence-electron chi connectivity index (χ2n) is 5.98. The first-order chi connectivity index (χ1) is 11.8. The van der Waals surface area contributed by atoms with E-state index in [1.54, 1.807) is 0 Å². The van der Waals surface area contributed by atoms with E-state index in [-0.39, 0.29) is 18.0 Å². The molecule has 4 nitrogen and oxygen atoms in total. The van der Waals surface area contributed by atoms with Gasteiger partial charge in [0.15, 0.2) is 6.40 Å². The highest BCUT2D eigenvalue weighted by Crippen LogP contribution is 2.21. The molecule has 2 aromatic rings. The van der Waals surface area contributed by atoms with Gasteiger partial charge in [0.25, 0.3) is 5.91 Å². The Hall–Kier alpha value is -2.62. The molecule has 0 aliphatic heterocycles. The van der Waals surface area contributed by atoms with Crippen molar-refractivity contribution in [1.29, 1.82) is 0 Å². The SMILES string of the molecule is O=C(NC1CCCCC1N=COc1ccccc1)c1ccccc1. The van der Waals surface area contributed by atoms with Crippen LogP contribution in [0.3, 0.4) is 0 Å². The average molecular weight is 322 g/mol. The number of amides is 1. The molecule has 1 fully saturated rings. The first kappa shape index (κ1) is 16.2. The van der Waals surface area contributed by atoms with Gasteiger partial charge >= 0.3 is 0 Å². The molecule has 1 aliphatic rings. The molecule has 0 bridgehead atoms. The minimum atomic E-state index is -0.0355. The maximum absolute atomic E-state index is 12.4. The van der Waals surface area contributed by atoms with Crippen molar-refractivity contribution in [2.45, 2.75) is 37.8 Å². The van der Waals surface area contributed by atoms with Crippen molar-refractivity contribution in [3.63, 3.8) is 0 Å². The van der Waals surface area contributed by atoms with Gasteiger partial charge in [-0.25, -0.2) is 0 Å². The van der Waals surface area contributed by atoms with Gasteiger partial charge in [-0.3, -0.25) is 9.79 Å². The minimum Gasteiger partial charge on any atom is -0.446 e. The lowest BCUT2D eigenvalue weighted by Crippen LogP contribution is -2.44. The first-order valence-corrected chi connectivity index (χ1v) is 8.42. The molecule has 24 heavy (non-hydrogen) atoms. The van der Waals surface area contributed by atoms with Gasteiger partial charge in [0.2, 0.25) is 0 Å². The smallest absolute Gasteiger partial charge is 0.251 e. The standard InChI is InChI=1S/C20H22N2O2/c23-20(16-9-3-1-4-10-16)22-19-14-8-7-13-18(19)21-15-24-17-11-5-2-6-12-17/h1-6,9-12,15,18-19H,7-8,13-14H2,(H,22,23). The number of hydrogen-bond acceptors (Lipinski definition) is 3. The number of carbonyl (C=O) groups is 1. The van der Waals surface area contributed by atoms with Gasteiger partial charge in [0, 0.05) is 5.56 Å². The molecule has 2 unspecified atom stereocenters. The fraction of sp³-hybridized carbons (Fsp3) is 0.300. The molecule has 0 heterocycles. The van der Waals surface area contributed by atoms with E-state index in [1.165, 1.54) is 6.40 Å². The van der Waals surface area contributed by atoms with E-state index in [2.05, 4.69) is 10.3 Å². The Bertz CT molecular complexity index is 671. The predicted molar refractivity (Wildman–Crippen MR) is 95.5 cm³/mol. The van der Waals surface area contributed by atoms with Crippen LogP contribution in [0.1, 0.15) is 36.0 Å². The molecule has 2 atom stereocenters. The molecule has 124 valence electrons. The quantitative estimate of drug-likeness (QED) is 0.672. The van der Waals surface area contributed by atoms with E-state index < -0.39 is 0 Å². The van der Waals surface area contributed by atoms with Gasteiger partial charge in [-0.15, -0.1) is 0 Å². The number of para-hydroxylation sites is 1. The van der Waals surface area contributed by atoms with Crippen LogP contribution in [0.2, 0.25) is 0 Å².